The van der Waals surface area contributed by atoms with Crippen LogP contribution in [0.3, 0.4) is 0 Å². The Hall–Kier alpha value is -2.58. The van der Waals surface area contributed by atoms with Crippen LogP contribution < -0.4 is 20.3 Å². The predicted molar refractivity (Wildman–Crippen MR) is 118 cm³/mol. The Kier molecular flexibility index (Phi) is 7.11. The van der Waals surface area contributed by atoms with E-state index in [1.165, 1.54) is 0 Å². The van der Waals surface area contributed by atoms with Gasteiger partial charge in [0.05, 0.1) is 4.47 Å². The van der Waals surface area contributed by atoms with Gasteiger partial charge in [-0.25, -0.2) is 0 Å². The number of ether oxygens (including phenoxy) is 2. The number of aryl methyl sites for hydroxylation is 1. The molecule has 0 fully saturated rings. The molecule has 0 radical (unpaired) electrons. The Morgan fingerprint density at radius 3 is 2.34 bits per heavy atom. The van der Waals surface area contributed by atoms with Crippen molar-refractivity contribution in [3.63, 3.8) is 0 Å². The maximum Gasteiger partial charge on any atom is 0.276 e. The molecule has 0 spiro atoms. The first-order valence-electron chi connectivity index (χ1n) is 8.70. The van der Waals surface area contributed by atoms with Gasteiger partial charge in [0.2, 0.25) is 0 Å². The van der Waals surface area contributed by atoms with E-state index in [9.17, 15) is 9.59 Å². The van der Waals surface area contributed by atoms with E-state index in [0.717, 1.165) is 25.3 Å². The van der Waals surface area contributed by atoms with Gasteiger partial charge in [0.15, 0.2) is 13.2 Å². The molecule has 0 unspecified atom stereocenters. The molecule has 2 N–H and O–H groups in total. The van der Waals surface area contributed by atoms with Crippen LogP contribution in [0.2, 0.25) is 0 Å². The summed E-state index contributed by atoms with van der Waals surface area (Å²) in [7, 11) is 0. The highest BCUT2D eigenvalue weighted by molar-refractivity contribution is 9.11. The number of carbonyl (C=O) groups excluding carboxylic acids is 2. The van der Waals surface area contributed by atoms with E-state index in [4.69, 9.17) is 9.47 Å². The van der Waals surface area contributed by atoms with Crippen molar-refractivity contribution in [2.24, 2.45) is 0 Å². The van der Waals surface area contributed by atoms with Gasteiger partial charge in [-0.3, -0.25) is 20.4 Å². The van der Waals surface area contributed by atoms with Crippen molar-refractivity contribution in [1.29, 1.82) is 0 Å². The smallest absolute Gasteiger partial charge is 0.276 e. The first kappa shape index (κ1) is 21.1. The zero-order chi connectivity index (χ0) is 20.8. The minimum atomic E-state index is -0.489. The van der Waals surface area contributed by atoms with Crippen molar-refractivity contribution < 1.29 is 19.1 Å². The van der Waals surface area contributed by atoms with Crippen molar-refractivity contribution >= 4 is 54.4 Å². The SMILES string of the molecule is Cc1cccc(OCC(=O)NNC(=O)COc2ccc3cc(Br)ccc3c2Br)c1. The Labute approximate surface area is 184 Å². The van der Waals surface area contributed by atoms with Crippen LogP contribution in [-0.4, -0.2) is 25.0 Å². The van der Waals surface area contributed by atoms with Gasteiger partial charge in [0.25, 0.3) is 11.8 Å². The number of fused-ring (bicyclic) bond motifs is 1. The molecule has 0 aliphatic rings. The van der Waals surface area contributed by atoms with Gasteiger partial charge in [-0.05, 0) is 69.5 Å². The molecular weight excluding hydrogens is 504 g/mol. The van der Waals surface area contributed by atoms with Crippen molar-refractivity contribution in [2.75, 3.05) is 13.2 Å². The number of nitrogens with one attached hydrogen (secondary N) is 2. The molecule has 8 heteroatoms. The average Bonchev–Trinajstić information content (AvgIpc) is 2.70. The number of rotatable bonds is 6. The highest BCUT2D eigenvalue weighted by atomic mass is 79.9. The monoisotopic (exact) mass is 520 g/mol. The zero-order valence-electron chi connectivity index (χ0n) is 15.5. The number of amides is 2. The lowest BCUT2D eigenvalue weighted by molar-refractivity contribution is -0.131. The van der Waals surface area contributed by atoms with Crippen LogP contribution in [0.5, 0.6) is 11.5 Å². The third-order valence-electron chi connectivity index (χ3n) is 3.94. The maximum atomic E-state index is 11.9. The van der Waals surface area contributed by atoms with Gasteiger partial charge in [-0.1, -0.05) is 40.2 Å². The molecule has 0 aliphatic heterocycles. The summed E-state index contributed by atoms with van der Waals surface area (Å²) < 4.78 is 12.7. The average molecular weight is 522 g/mol. The molecule has 0 bridgehead atoms. The maximum absolute atomic E-state index is 11.9. The fourth-order valence-corrected chi connectivity index (χ4v) is 3.55. The number of hydrogen-bond donors (Lipinski definition) is 2. The third-order valence-corrected chi connectivity index (χ3v) is 5.25. The summed E-state index contributed by atoms with van der Waals surface area (Å²) in [5.74, 6) is 0.154. The van der Waals surface area contributed by atoms with Gasteiger partial charge >= 0.3 is 0 Å². The summed E-state index contributed by atoms with van der Waals surface area (Å²) in [6.45, 7) is 1.47. The number of hydrazine groups is 1. The van der Waals surface area contributed by atoms with Crippen LogP contribution >= 0.6 is 31.9 Å². The summed E-state index contributed by atoms with van der Waals surface area (Å²) in [5.41, 5.74) is 5.62. The molecule has 6 nitrogen and oxygen atoms in total. The van der Waals surface area contributed by atoms with E-state index in [-0.39, 0.29) is 13.2 Å². The van der Waals surface area contributed by atoms with Crippen LogP contribution in [0.4, 0.5) is 0 Å². The van der Waals surface area contributed by atoms with Gasteiger partial charge in [-0.2, -0.15) is 0 Å². The van der Waals surface area contributed by atoms with Crippen LogP contribution in [0.15, 0.2) is 63.5 Å². The number of halogens is 2. The van der Waals surface area contributed by atoms with Gasteiger partial charge in [0, 0.05) is 4.47 Å². The lowest BCUT2D eigenvalue weighted by Gasteiger charge is -2.12. The van der Waals surface area contributed by atoms with Gasteiger partial charge in [0.1, 0.15) is 11.5 Å². The lowest BCUT2D eigenvalue weighted by atomic mass is 10.1. The van der Waals surface area contributed by atoms with E-state index in [0.29, 0.717) is 11.5 Å². The first-order chi connectivity index (χ1) is 13.9. The number of carbonyl (C=O) groups is 2. The standard InChI is InChI=1S/C21H18Br2N2O4/c1-13-3-2-4-16(9-13)28-11-19(26)24-25-20(27)12-29-18-8-5-14-10-15(22)6-7-17(14)21(18)23/h2-10H,11-12H2,1H3,(H,24,26)(H,25,27). The molecule has 150 valence electrons. The molecule has 0 saturated carbocycles. The van der Waals surface area contributed by atoms with E-state index in [2.05, 4.69) is 42.7 Å². The molecule has 0 saturated heterocycles. The molecule has 3 aromatic carbocycles. The van der Waals surface area contributed by atoms with Crippen molar-refractivity contribution in [3.05, 3.63) is 69.1 Å². The molecule has 0 aliphatic carbocycles. The Bertz CT molecular complexity index is 1060. The molecule has 0 aromatic heterocycles. The minimum absolute atomic E-state index is 0.212. The summed E-state index contributed by atoms with van der Waals surface area (Å²) in [6.07, 6.45) is 0. The zero-order valence-corrected chi connectivity index (χ0v) is 18.7. The van der Waals surface area contributed by atoms with Gasteiger partial charge in [-0.15, -0.1) is 0 Å². The van der Waals surface area contributed by atoms with Crippen molar-refractivity contribution in [2.45, 2.75) is 6.92 Å². The van der Waals surface area contributed by atoms with E-state index in [1.54, 1.807) is 12.1 Å². The quantitative estimate of drug-likeness (QED) is 0.475. The second kappa shape index (κ2) is 9.76. The van der Waals surface area contributed by atoms with Gasteiger partial charge < -0.3 is 9.47 Å². The van der Waals surface area contributed by atoms with E-state index in [1.807, 2.05) is 49.4 Å². The summed E-state index contributed by atoms with van der Waals surface area (Å²) >= 11 is 6.95. The Balaban J connectivity index is 1.46. The fraction of sp³-hybridized carbons (Fsp3) is 0.143. The predicted octanol–water partition coefficient (Wildman–Crippen LogP) is 4.28. The number of benzene rings is 3. The second-order valence-electron chi connectivity index (χ2n) is 6.23. The molecule has 3 rings (SSSR count). The molecular formula is C21H18Br2N2O4. The van der Waals surface area contributed by atoms with Crippen LogP contribution in [0.25, 0.3) is 10.8 Å². The summed E-state index contributed by atoms with van der Waals surface area (Å²) in [5, 5.41) is 2.00. The Morgan fingerprint density at radius 2 is 1.62 bits per heavy atom. The first-order valence-corrected chi connectivity index (χ1v) is 10.3. The van der Waals surface area contributed by atoms with Crippen LogP contribution in [0.1, 0.15) is 5.56 Å². The minimum Gasteiger partial charge on any atom is -0.484 e. The largest absolute Gasteiger partial charge is 0.484 e. The van der Waals surface area contributed by atoms with E-state index < -0.39 is 11.8 Å². The third kappa shape index (κ3) is 5.95. The highest BCUT2D eigenvalue weighted by Gasteiger charge is 2.10. The number of hydrogen-bond acceptors (Lipinski definition) is 4. The molecule has 0 heterocycles. The molecule has 3 aromatic rings. The second-order valence-corrected chi connectivity index (χ2v) is 7.94. The highest BCUT2D eigenvalue weighted by Crippen LogP contribution is 2.34. The van der Waals surface area contributed by atoms with E-state index >= 15 is 0 Å². The lowest BCUT2D eigenvalue weighted by Crippen LogP contribution is -2.45. The van der Waals surface area contributed by atoms with Crippen molar-refractivity contribution in [3.8, 4) is 11.5 Å². The van der Waals surface area contributed by atoms with Crippen molar-refractivity contribution in [1.82, 2.24) is 10.9 Å². The molecule has 0 atom stereocenters. The van der Waals surface area contributed by atoms with Crippen LogP contribution in [-0.2, 0) is 9.59 Å². The topological polar surface area (TPSA) is 76.7 Å². The normalized spacial score (nSPS) is 10.4. The fourth-order valence-electron chi connectivity index (χ4n) is 2.56. The molecule has 2 amide bonds. The van der Waals surface area contributed by atoms with Crippen LogP contribution in [0, 0.1) is 6.92 Å². The summed E-state index contributed by atoms with van der Waals surface area (Å²) in [6, 6.07) is 16.9. The Morgan fingerprint density at radius 1 is 0.897 bits per heavy atom. The summed E-state index contributed by atoms with van der Waals surface area (Å²) in [4.78, 5) is 23.8. The molecule has 29 heavy (non-hydrogen) atoms.